The van der Waals surface area contributed by atoms with E-state index in [0.717, 1.165) is 0 Å². The molecule has 0 atom stereocenters. The minimum atomic E-state index is -3.54. The minimum Gasteiger partial charge on any atom is -0.356 e. The van der Waals surface area contributed by atoms with Crippen LogP contribution in [0.1, 0.15) is 5.56 Å². The van der Waals surface area contributed by atoms with Crippen LogP contribution in [-0.4, -0.2) is 13.6 Å². The largest absolute Gasteiger partial charge is 0.356 e. The van der Waals surface area contributed by atoms with Crippen LogP contribution >= 0.6 is 10.7 Å². The topological polar surface area (TPSA) is 60.2 Å². The Balaban J connectivity index is 2.57. The third-order valence-electron chi connectivity index (χ3n) is 1.82. The highest BCUT2D eigenvalue weighted by molar-refractivity contribution is 8.13. The highest BCUT2D eigenvalue weighted by Crippen LogP contribution is 2.21. The summed E-state index contributed by atoms with van der Waals surface area (Å²) in [7, 11) is 1.61. The number of hydrogen-bond donors (Lipinski definition) is 0. The predicted octanol–water partition coefficient (Wildman–Crippen LogP) is 1.90. The van der Waals surface area contributed by atoms with Gasteiger partial charge in [0, 0.05) is 16.1 Å². The number of halogens is 1. The molecule has 0 saturated carbocycles. The van der Waals surface area contributed by atoms with Crippen LogP contribution in [0.4, 0.5) is 0 Å². The lowest BCUT2D eigenvalue weighted by molar-refractivity contribution is 0.456. The number of benzene rings is 1. The molecule has 0 aliphatic carbocycles. The summed E-state index contributed by atoms with van der Waals surface area (Å²) in [5.74, 6) is -0.215. The smallest absolute Gasteiger partial charge is 0.236 e. The molecule has 1 heterocycles. The third kappa shape index (κ3) is 1.88. The maximum Gasteiger partial charge on any atom is 0.236 e. The van der Waals surface area contributed by atoms with Gasteiger partial charge in [-0.25, -0.2) is 8.42 Å². The zero-order chi connectivity index (χ0) is 10.2. The van der Waals surface area contributed by atoms with Crippen LogP contribution in [-0.2, 0) is 14.8 Å². The molecule has 0 aliphatic heterocycles. The minimum absolute atomic E-state index is 0.215. The molecule has 2 aromatic rings. The lowest BCUT2D eigenvalue weighted by Crippen LogP contribution is -1.94. The number of hydrogen-bond acceptors (Lipinski definition) is 4. The first kappa shape index (κ1) is 9.48. The van der Waals surface area contributed by atoms with Crippen LogP contribution < -0.4 is 0 Å². The van der Waals surface area contributed by atoms with Gasteiger partial charge in [0.2, 0.25) is 9.05 Å². The third-order valence-corrected chi connectivity index (χ3v) is 2.80. The van der Waals surface area contributed by atoms with E-state index >= 15 is 0 Å². The fourth-order valence-electron chi connectivity index (χ4n) is 1.26. The molecule has 0 amide bonds. The second kappa shape index (κ2) is 3.25. The molecule has 14 heavy (non-hydrogen) atoms. The zero-order valence-corrected chi connectivity index (χ0v) is 8.55. The van der Waals surface area contributed by atoms with E-state index in [4.69, 9.17) is 15.2 Å². The van der Waals surface area contributed by atoms with Crippen LogP contribution in [0.5, 0.6) is 0 Å². The summed E-state index contributed by atoms with van der Waals surface area (Å²) >= 11 is 0. The first-order valence-electron chi connectivity index (χ1n) is 3.81. The van der Waals surface area contributed by atoms with E-state index in [1.54, 1.807) is 18.2 Å². The van der Waals surface area contributed by atoms with Gasteiger partial charge in [-0.15, -0.1) is 0 Å². The van der Waals surface area contributed by atoms with Gasteiger partial charge in [0.25, 0.3) is 0 Å². The Morgan fingerprint density at radius 1 is 1.43 bits per heavy atom. The van der Waals surface area contributed by atoms with Gasteiger partial charge < -0.3 is 4.52 Å². The molecule has 0 unspecified atom stereocenters. The van der Waals surface area contributed by atoms with Crippen molar-refractivity contribution in [1.82, 2.24) is 5.16 Å². The van der Waals surface area contributed by atoms with Crippen molar-refractivity contribution in [2.45, 2.75) is 5.75 Å². The van der Waals surface area contributed by atoms with E-state index in [2.05, 4.69) is 5.16 Å². The van der Waals surface area contributed by atoms with Gasteiger partial charge in [-0.3, -0.25) is 0 Å². The summed E-state index contributed by atoms with van der Waals surface area (Å²) in [5, 5.41) is 4.26. The maximum absolute atomic E-state index is 10.9. The Hall–Kier alpha value is -1.07. The van der Waals surface area contributed by atoms with Crippen LogP contribution in [0, 0.1) is 0 Å². The van der Waals surface area contributed by atoms with Crippen LogP contribution in [0.2, 0.25) is 0 Å². The molecule has 0 fully saturated rings. The molecule has 0 N–H and O–H groups in total. The lowest BCUT2D eigenvalue weighted by Gasteiger charge is -1.97. The molecule has 74 valence electrons. The Morgan fingerprint density at radius 3 is 2.93 bits per heavy atom. The maximum atomic E-state index is 10.9. The summed E-state index contributed by atoms with van der Waals surface area (Å²) < 4.78 is 26.6. The van der Waals surface area contributed by atoms with Gasteiger partial charge >= 0.3 is 0 Å². The van der Waals surface area contributed by atoms with E-state index in [9.17, 15) is 8.42 Å². The molecular formula is C8H6ClNO3S. The summed E-state index contributed by atoms with van der Waals surface area (Å²) in [6, 6.07) is 5.09. The highest BCUT2D eigenvalue weighted by Gasteiger charge is 2.11. The number of fused-ring (bicyclic) bond motifs is 1. The van der Waals surface area contributed by atoms with Crippen molar-refractivity contribution in [2.75, 3.05) is 0 Å². The van der Waals surface area contributed by atoms with Gasteiger partial charge in [0.1, 0.15) is 0 Å². The molecular weight excluding hydrogens is 226 g/mol. The van der Waals surface area contributed by atoms with E-state index in [1.807, 2.05) is 0 Å². The summed E-state index contributed by atoms with van der Waals surface area (Å²) in [6.45, 7) is 0. The molecule has 0 spiro atoms. The van der Waals surface area contributed by atoms with Crippen molar-refractivity contribution in [3.05, 3.63) is 30.0 Å². The molecule has 0 aliphatic rings. The molecule has 0 bridgehead atoms. The van der Waals surface area contributed by atoms with Crippen molar-refractivity contribution >= 4 is 30.7 Å². The van der Waals surface area contributed by atoms with Gasteiger partial charge in [-0.1, -0.05) is 17.3 Å². The predicted molar refractivity (Wildman–Crippen MR) is 52.5 cm³/mol. The van der Waals surface area contributed by atoms with Gasteiger partial charge in [0.15, 0.2) is 5.58 Å². The molecule has 1 aromatic carbocycles. The number of nitrogens with zero attached hydrogens (tertiary/aromatic N) is 1. The van der Waals surface area contributed by atoms with E-state index in [-0.39, 0.29) is 5.75 Å². The zero-order valence-electron chi connectivity index (χ0n) is 6.97. The lowest BCUT2D eigenvalue weighted by atomic mass is 10.2. The average molecular weight is 232 g/mol. The average Bonchev–Trinajstić information content (AvgIpc) is 2.49. The molecule has 2 rings (SSSR count). The normalized spacial score (nSPS) is 12.1. The number of rotatable bonds is 2. The summed E-state index contributed by atoms with van der Waals surface area (Å²) in [6.07, 6.45) is 1.48. The Morgan fingerprint density at radius 2 is 2.21 bits per heavy atom. The van der Waals surface area contributed by atoms with Crippen LogP contribution in [0.15, 0.2) is 28.9 Å². The highest BCUT2D eigenvalue weighted by atomic mass is 35.7. The Labute approximate surface area is 84.9 Å². The van der Waals surface area contributed by atoms with Crippen LogP contribution in [0.3, 0.4) is 0 Å². The van der Waals surface area contributed by atoms with Crippen molar-refractivity contribution in [2.24, 2.45) is 0 Å². The van der Waals surface area contributed by atoms with E-state index < -0.39 is 9.05 Å². The SMILES string of the molecule is O=S(=O)(Cl)Cc1cccc2oncc12. The van der Waals surface area contributed by atoms with Crippen molar-refractivity contribution in [3.8, 4) is 0 Å². The first-order valence-corrected chi connectivity index (χ1v) is 6.29. The monoisotopic (exact) mass is 231 g/mol. The van der Waals surface area contributed by atoms with Crippen LogP contribution in [0.25, 0.3) is 11.0 Å². The van der Waals surface area contributed by atoms with Gasteiger partial charge in [-0.2, -0.15) is 0 Å². The van der Waals surface area contributed by atoms with E-state index in [1.165, 1.54) is 6.20 Å². The van der Waals surface area contributed by atoms with Crippen molar-refractivity contribution in [3.63, 3.8) is 0 Å². The second-order valence-electron chi connectivity index (χ2n) is 2.84. The molecule has 0 saturated heterocycles. The quantitative estimate of drug-likeness (QED) is 0.741. The first-order chi connectivity index (χ1) is 6.56. The van der Waals surface area contributed by atoms with E-state index in [0.29, 0.717) is 16.5 Å². The standard InChI is InChI=1S/C8H6ClNO3S/c9-14(11,12)5-6-2-1-3-8-7(6)4-10-13-8/h1-4H,5H2. The summed E-state index contributed by atoms with van der Waals surface area (Å²) in [5.41, 5.74) is 1.15. The summed E-state index contributed by atoms with van der Waals surface area (Å²) in [4.78, 5) is 0. The van der Waals surface area contributed by atoms with Crippen molar-refractivity contribution in [1.29, 1.82) is 0 Å². The fourth-order valence-corrected chi connectivity index (χ4v) is 2.24. The molecule has 4 nitrogen and oxygen atoms in total. The molecule has 0 radical (unpaired) electrons. The Kier molecular flexibility index (Phi) is 2.20. The second-order valence-corrected chi connectivity index (χ2v) is 5.61. The Bertz CT molecular complexity index is 561. The van der Waals surface area contributed by atoms with Gasteiger partial charge in [0.05, 0.1) is 11.9 Å². The molecule has 6 heteroatoms. The number of aromatic nitrogens is 1. The van der Waals surface area contributed by atoms with Crippen molar-refractivity contribution < 1.29 is 12.9 Å². The van der Waals surface area contributed by atoms with Gasteiger partial charge in [-0.05, 0) is 11.6 Å². The fraction of sp³-hybridized carbons (Fsp3) is 0.125. The molecule has 1 aromatic heterocycles.